The van der Waals surface area contributed by atoms with E-state index in [1.807, 2.05) is 36.4 Å². The fourth-order valence-corrected chi connectivity index (χ4v) is 3.72. The van der Waals surface area contributed by atoms with E-state index in [4.69, 9.17) is 14.2 Å². The largest absolute Gasteiger partial charge is 0.497 e. The third-order valence-electron chi connectivity index (χ3n) is 5.58. The van der Waals surface area contributed by atoms with Gasteiger partial charge >= 0.3 is 0 Å². The van der Waals surface area contributed by atoms with Crippen molar-refractivity contribution in [3.05, 3.63) is 78.5 Å². The predicted octanol–water partition coefficient (Wildman–Crippen LogP) is 4.42. The minimum atomic E-state index is -0.451. The minimum absolute atomic E-state index is 0.180. The standard InChI is InChI=1S/C26H23N7O4/c1-35-16-12-13-20(23(14-16)37-3)28-24-17(25(34)33-21-10-6-4-8-18(21)31-32-33)15-27-26(30-24)29-19-9-5-7-11-22(19)36-2/h4-15H,1-3H3,(H2,27,28,29,30). The second kappa shape index (κ2) is 10.2. The molecule has 5 rings (SSSR count). The highest BCUT2D eigenvalue weighted by Gasteiger charge is 2.21. The van der Waals surface area contributed by atoms with Gasteiger partial charge < -0.3 is 24.8 Å². The van der Waals surface area contributed by atoms with Crippen LogP contribution < -0.4 is 24.8 Å². The van der Waals surface area contributed by atoms with Gasteiger partial charge in [-0.15, -0.1) is 5.10 Å². The summed E-state index contributed by atoms with van der Waals surface area (Å²) in [6, 6.07) is 19.8. The van der Waals surface area contributed by atoms with Crippen LogP contribution in [0.3, 0.4) is 0 Å². The summed E-state index contributed by atoms with van der Waals surface area (Å²) in [6.07, 6.45) is 1.43. The van der Waals surface area contributed by atoms with Crippen LogP contribution in [0.1, 0.15) is 10.4 Å². The number of rotatable bonds is 8. The summed E-state index contributed by atoms with van der Waals surface area (Å²) >= 11 is 0. The SMILES string of the molecule is COc1ccc(Nc2nc(Nc3ccccc3OC)ncc2C(=O)n2nnc3ccccc32)c(OC)c1. The van der Waals surface area contributed by atoms with Gasteiger partial charge in [-0.25, -0.2) is 4.98 Å². The van der Waals surface area contributed by atoms with Gasteiger partial charge in [0.05, 0.1) is 38.2 Å². The number of para-hydroxylation sites is 3. The molecule has 0 fully saturated rings. The van der Waals surface area contributed by atoms with Crippen LogP contribution in [-0.4, -0.2) is 52.2 Å². The molecule has 0 aliphatic carbocycles. The summed E-state index contributed by atoms with van der Waals surface area (Å²) in [5, 5.41) is 14.5. The van der Waals surface area contributed by atoms with Crippen molar-refractivity contribution >= 4 is 40.1 Å². The molecule has 0 atom stereocenters. The molecule has 0 bridgehead atoms. The summed E-state index contributed by atoms with van der Waals surface area (Å²) in [5.74, 6) is 1.77. The highest BCUT2D eigenvalue weighted by molar-refractivity contribution is 6.04. The Hall–Kier alpha value is -5.19. The van der Waals surface area contributed by atoms with Crippen molar-refractivity contribution in [2.75, 3.05) is 32.0 Å². The monoisotopic (exact) mass is 497 g/mol. The van der Waals surface area contributed by atoms with E-state index in [2.05, 4.69) is 30.9 Å². The van der Waals surface area contributed by atoms with Crippen LogP contribution in [0.2, 0.25) is 0 Å². The highest BCUT2D eigenvalue weighted by atomic mass is 16.5. The summed E-state index contributed by atoms with van der Waals surface area (Å²) in [6.45, 7) is 0. The number of carbonyl (C=O) groups is 1. The number of methoxy groups -OCH3 is 3. The van der Waals surface area contributed by atoms with Crippen LogP contribution in [0.15, 0.2) is 72.9 Å². The van der Waals surface area contributed by atoms with E-state index in [1.54, 1.807) is 51.7 Å². The van der Waals surface area contributed by atoms with Gasteiger partial charge in [0, 0.05) is 12.3 Å². The Morgan fingerprint density at radius 1 is 0.838 bits per heavy atom. The van der Waals surface area contributed by atoms with Gasteiger partial charge in [-0.05, 0) is 36.4 Å². The lowest BCUT2D eigenvalue weighted by Gasteiger charge is -2.16. The maximum atomic E-state index is 13.6. The molecule has 2 heterocycles. The van der Waals surface area contributed by atoms with Crippen molar-refractivity contribution in [1.82, 2.24) is 25.0 Å². The lowest BCUT2D eigenvalue weighted by Crippen LogP contribution is -2.17. The molecule has 37 heavy (non-hydrogen) atoms. The van der Waals surface area contributed by atoms with Gasteiger partial charge in [0.1, 0.15) is 34.1 Å². The molecular weight excluding hydrogens is 474 g/mol. The number of benzene rings is 3. The second-order valence-electron chi connectivity index (χ2n) is 7.77. The molecule has 186 valence electrons. The van der Waals surface area contributed by atoms with E-state index in [1.165, 1.54) is 10.9 Å². The molecule has 0 aliphatic rings. The third kappa shape index (κ3) is 4.69. The number of anilines is 4. The summed E-state index contributed by atoms with van der Waals surface area (Å²) in [7, 11) is 4.69. The van der Waals surface area contributed by atoms with Gasteiger partial charge in [-0.2, -0.15) is 9.67 Å². The van der Waals surface area contributed by atoms with Gasteiger partial charge in [-0.1, -0.05) is 29.5 Å². The normalized spacial score (nSPS) is 10.7. The number of hydrogen-bond acceptors (Lipinski definition) is 10. The summed E-state index contributed by atoms with van der Waals surface area (Å²) < 4.78 is 17.4. The summed E-state index contributed by atoms with van der Waals surface area (Å²) in [5.41, 5.74) is 2.58. The first kappa shape index (κ1) is 23.5. The van der Waals surface area contributed by atoms with Crippen LogP contribution in [0.5, 0.6) is 17.2 Å². The Morgan fingerprint density at radius 2 is 1.59 bits per heavy atom. The van der Waals surface area contributed by atoms with Crippen molar-refractivity contribution < 1.29 is 19.0 Å². The zero-order valence-electron chi connectivity index (χ0n) is 20.3. The predicted molar refractivity (Wildman–Crippen MR) is 138 cm³/mol. The Kier molecular flexibility index (Phi) is 6.49. The number of ether oxygens (including phenoxy) is 3. The molecule has 0 saturated carbocycles. The Bertz CT molecular complexity index is 1580. The molecule has 0 amide bonds. The summed E-state index contributed by atoms with van der Waals surface area (Å²) in [4.78, 5) is 22.6. The minimum Gasteiger partial charge on any atom is -0.497 e. The van der Waals surface area contributed by atoms with Crippen LogP contribution >= 0.6 is 0 Å². The number of nitrogens with zero attached hydrogens (tertiary/aromatic N) is 5. The Morgan fingerprint density at radius 3 is 2.41 bits per heavy atom. The van der Waals surface area contributed by atoms with Crippen molar-refractivity contribution in [2.24, 2.45) is 0 Å². The third-order valence-corrected chi connectivity index (χ3v) is 5.58. The maximum Gasteiger partial charge on any atom is 0.285 e. The van der Waals surface area contributed by atoms with Crippen molar-refractivity contribution in [3.63, 3.8) is 0 Å². The number of aromatic nitrogens is 5. The molecule has 11 heteroatoms. The van der Waals surface area contributed by atoms with Crippen LogP contribution in [0, 0.1) is 0 Å². The number of hydrogen-bond donors (Lipinski definition) is 2. The first-order chi connectivity index (χ1) is 18.1. The molecule has 3 aromatic carbocycles. The van der Waals surface area contributed by atoms with E-state index in [0.29, 0.717) is 39.7 Å². The fraction of sp³-hybridized carbons (Fsp3) is 0.115. The van der Waals surface area contributed by atoms with Gasteiger partial charge in [0.25, 0.3) is 5.91 Å². The molecule has 0 saturated heterocycles. The van der Waals surface area contributed by atoms with Crippen LogP contribution in [-0.2, 0) is 0 Å². The van der Waals surface area contributed by atoms with Crippen molar-refractivity contribution in [3.8, 4) is 17.2 Å². The number of fused-ring (bicyclic) bond motifs is 1. The van der Waals surface area contributed by atoms with E-state index < -0.39 is 5.91 Å². The molecule has 0 radical (unpaired) electrons. The molecule has 2 aromatic heterocycles. The average Bonchev–Trinajstić information content (AvgIpc) is 3.37. The fourth-order valence-electron chi connectivity index (χ4n) is 3.72. The lowest BCUT2D eigenvalue weighted by molar-refractivity contribution is 0.0948. The van der Waals surface area contributed by atoms with E-state index in [0.717, 1.165) is 0 Å². The molecule has 0 spiro atoms. The van der Waals surface area contributed by atoms with Crippen molar-refractivity contribution in [1.29, 1.82) is 0 Å². The topological polar surface area (TPSA) is 125 Å². The Balaban J connectivity index is 1.58. The van der Waals surface area contributed by atoms with Gasteiger partial charge in [0.15, 0.2) is 0 Å². The molecule has 2 N–H and O–H groups in total. The van der Waals surface area contributed by atoms with E-state index >= 15 is 0 Å². The Labute approximate surface area is 212 Å². The average molecular weight is 498 g/mol. The molecule has 0 unspecified atom stereocenters. The lowest BCUT2D eigenvalue weighted by atomic mass is 10.2. The van der Waals surface area contributed by atoms with Crippen LogP contribution in [0.25, 0.3) is 11.0 Å². The van der Waals surface area contributed by atoms with Gasteiger partial charge in [-0.3, -0.25) is 4.79 Å². The second-order valence-corrected chi connectivity index (χ2v) is 7.77. The zero-order chi connectivity index (χ0) is 25.8. The van der Waals surface area contributed by atoms with Crippen molar-refractivity contribution in [2.45, 2.75) is 0 Å². The molecule has 11 nitrogen and oxygen atoms in total. The first-order valence-electron chi connectivity index (χ1n) is 11.2. The van der Waals surface area contributed by atoms with E-state index in [-0.39, 0.29) is 17.3 Å². The highest BCUT2D eigenvalue weighted by Crippen LogP contribution is 2.33. The quantitative estimate of drug-likeness (QED) is 0.318. The van der Waals surface area contributed by atoms with Crippen LogP contribution in [0.4, 0.5) is 23.1 Å². The zero-order valence-corrected chi connectivity index (χ0v) is 20.3. The van der Waals surface area contributed by atoms with Gasteiger partial charge in [0.2, 0.25) is 5.95 Å². The molecular formula is C26H23N7O4. The maximum absolute atomic E-state index is 13.6. The molecule has 0 aliphatic heterocycles. The number of carbonyl (C=O) groups excluding carboxylic acids is 1. The smallest absolute Gasteiger partial charge is 0.285 e. The molecule has 5 aromatic rings. The number of nitrogens with one attached hydrogen (secondary N) is 2. The van der Waals surface area contributed by atoms with E-state index in [9.17, 15) is 4.79 Å². The first-order valence-corrected chi connectivity index (χ1v) is 11.2.